The lowest BCUT2D eigenvalue weighted by molar-refractivity contribution is -0.116. The van der Waals surface area contributed by atoms with Crippen LogP contribution in [0.15, 0.2) is 12.4 Å². The summed E-state index contributed by atoms with van der Waals surface area (Å²) < 4.78 is 0. The van der Waals surface area contributed by atoms with Gasteiger partial charge in [-0.1, -0.05) is 0 Å². The summed E-state index contributed by atoms with van der Waals surface area (Å²) in [5.74, 6) is 1.92. The first kappa shape index (κ1) is 11.8. The van der Waals surface area contributed by atoms with E-state index in [0.717, 1.165) is 11.6 Å². The van der Waals surface area contributed by atoms with Gasteiger partial charge in [-0.15, -0.1) is 0 Å². The van der Waals surface area contributed by atoms with E-state index < -0.39 is 0 Å². The lowest BCUT2D eigenvalue weighted by atomic mass is 10.3. The molecule has 1 N–H and O–H groups in total. The number of anilines is 2. The summed E-state index contributed by atoms with van der Waals surface area (Å²) in [6, 6.07) is 2.51. The third-order valence-electron chi connectivity index (χ3n) is 2.77. The zero-order valence-corrected chi connectivity index (χ0v) is 10.3. The van der Waals surface area contributed by atoms with Gasteiger partial charge in [0.15, 0.2) is 0 Å². The summed E-state index contributed by atoms with van der Waals surface area (Å²) in [5.41, 5.74) is 0. The van der Waals surface area contributed by atoms with E-state index in [9.17, 15) is 4.79 Å². The molecular weight excluding hydrogens is 216 g/mol. The van der Waals surface area contributed by atoms with Gasteiger partial charge in [-0.05, 0) is 19.8 Å². The number of rotatable bonds is 6. The number of hydrogen-bond acceptors (Lipinski definition) is 5. The molecule has 17 heavy (non-hydrogen) atoms. The van der Waals surface area contributed by atoms with Gasteiger partial charge in [-0.3, -0.25) is 4.79 Å². The predicted octanol–water partition coefficient (Wildman–Crippen LogP) is 1.47. The topological polar surface area (TPSA) is 58.1 Å². The molecule has 0 saturated heterocycles. The third-order valence-corrected chi connectivity index (χ3v) is 2.77. The highest BCUT2D eigenvalue weighted by atomic mass is 16.1. The Bertz CT molecular complexity index is 403. The van der Waals surface area contributed by atoms with Crippen molar-refractivity contribution in [3.63, 3.8) is 0 Å². The maximum absolute atomic E-state index is 10.9. The van der Waals surface area contributed by atoms with Crippen LogP contribution in [0.2, 0.25) is 0 Å². The molecule has 1 aliphatic carbocycles. The Morgan fingerprint density at radius 3 is 2.94 bits per heavy atom. The molecule has 1 heterocycles. The summed E-state index contributed by atoms with van der Waals surface area (Å²) in [6.45, 7) is 2.29. The van der Waals surface area contributed by atoms with Crippen LogP contribution < -0.4 is 10.2 Å². The number of carbonyl (C=O) groups is 1. The second-order valence-corrected chi connectivity index (χ2v) is 4.55. The van der Waals surface area contributed by atoms with Gasteiger partial charge in [0.2, 0.25) is 0 Å². The first-order valence-corrected chi connectivity index (χ1v) is 5.94. The molecule has 0 aliphatic heterocycles. The Balaban J connectivity index is 1.95. The normalized spacial score (nSPS) is 14.5. The van der Waals surface area contributed by atoms with Gasteiger partial charge in [0.25, 0.3) is 0 Å². The number of aromatic nitrogens is 2. The van der Waals surface area contributed by atoms with Crippen molar-refractivity contribution in [3.8, 4) is 0 Å². The first-order chi connectivity index (χ1) is 8.15. The molecule has 0 spiro atoms. The zero-order chi connectivity index (χ0) is 12.3. The Kier molecular flexibility index (Phi) is 3.56. The summed E-state index contributed by atoms with van der Waals surface area (Å²) in [7, 11) is 1.94. The van der Waals surface area contributed by atoms with E-state index in [-0.39, 0.29) is 5.78 Å². The van der Waals surface area contributed by atoms with Crippen molar-refractivity contribution in [2.45, 2.75) is 32.2 Å². The molecule has 0 amide bonds. The van der Waals surface area contributed by atoms with Gasteiger partial charge in [-0.25, -0.2) is 9.97 Å². The molecule has 0 unspecified atom stereocenters. The fourth-order valence-corrected chi connectivity index (χ4v) is 1.51. The molecule has 0 bridgehead atoms. The second kappa shape index (κ2) is 5.12. The number of carbonyl (C=O) groups excluding carboxylic acids is 1. The van der Waals surface area contributed by atoms with Gasteiger partial charge in [-0.2, -0.15) is 0 Å². The van der Waals surface area contributed by atoms with E-state index in [4.69, 9.17) is 0 Å². The largest absolute Gasteiger partial charge is 0.367 e. The minimum Gasteiger partial charge on any atom is -0.367 e. The molecular formula is C12H18N4O. The van der Waals surface area contributed by atoms with Gasteiger partial charge >= 0.3 is 0 Å². The highest BCUT2D eigenvalue weighted by Gasteiger charge is 2.21. The lowest BCUT2D eigenvalue weighted by Crippen LogP contribution is -2.21. The van der Waals surface area contributed by atoms with Crippen LogP contribution in [0.5, 0.6) is 0 Å². The third kappa shape index (κ3) is 3.69. The quantitative estimate of drug-likeness (QED) is 0.807. The van der Waals surface area contributed by atoms with E-state index in [0.29, 0.717) is 19.0 Å². The van der Waals surface area contributed by atoms with Gasteiger partial charge < -0.3 is 10.2 Å². The van der Waals surface area contributed by atoms with Crippen LogP contribution in [0.25, 0.3) is 0 Å². The van der Waals surface area contributed by atoms with Gasteiger partial charge in [0, 0.05) is 32.1 Å². The van der Waals surface area contributed by atoms with Gasteiger partial charge in [0.1, 0.15) is 23.7 Å². The molecule has 0 atom stereocenters. The Morgan fingerprint density at radius 2 is 2.29 bits per heavy atom. The van der Waals surface area contributed by atoms with E-state index in [1.807, 2.05) is 18.0 Å². The molecule has 1 aromatic heterocycles. The SMILES string of the molecule is CC(=O)CCN(C)c1cc(NC2CC2)ncn1. The van der Waals surface area contributed by atoms with Crippen molar-refractivity contribution in [3.05, 3.63) is 12.4 Å². The molecule has 1 saturated carbocycles. The standard InChI is InChI=1S/C12H18N4O/c1-9(17)5-6-16(2)12-7-11(13-8-14-12)15-10-3-4-10/h7-8,10H,3-6H2,1-2H3,(H,13,14,15). The smallest absolute Gasteiger partial charge is 0.133 e. The van der Waals surface area contributed by atoms with Crippen LogP contribution in [0.1, 0.15) is 26.2 Å². The van der Waals surface area contributed by atoms with Crippen molar-refractivity contribution in [2.75, 3.05) is 23.8 Å². The lowest BCUT2D eigenvalue weighted by Gasteiger charge is -2.17. The Hall–Kier alpha value is -1.65. The van der Waals surface area contributed by atoms with Crippen LogP contribution in [0.3, 0.4) is 0 Å². The van der Waals surface area contributed by atoms with Crippen LogP contribution >= 0.6 is 0 Å². The summed E-state index contributed by atoms with van der Waals surface area (Å²) >= 11 is 0. The average Bonchev–Trinajstić information content (AvgIpc) is 3.10. The van der Waals surface area contributed by atoms with Gasteiger partial charge in [0.05, 0.1) is 0 Å². The molecule has 5 nitrogen and oxygen atoms in total. The number of hydrogen-bond donors (Lipinski definition) is 1. The number of nitrogens with one attached hydrogen (secondary N) is 1. The fraction of sp³-hybridized carbons (Fsp3) is 0.583. The molecule has 1 aliphatic rings. The fourth-order valence-electron chi connectivity index (χ4n) is 1.51. The highest BCUT2D eigenvalue weighted by molar-refractivity contribution is 5.76. The summed E-state index contributed by atoms with van der Waals surface area (Å²) in [5, 5.41) is 3.33. The van der Waals surface area contributed by atoms with Crippen molar-refractivity contribution in [1.29, 1.82) is 0 Å². The van der Waals surface area contributed by atoms with E-state index >= 15 is 0 Å². The van der Waals surface area contributed by atoms with Crippen molar-refractivity contribution in [2.24, 2.45) is 0 Å². The second-order valence-electron chi connectivity index (χ2n) is 4.55. The maximum atomic E-state index is 10.9. The molecule has 92 valence electrons. The van der Waals surface area contributed by atoms with Crippen molar-refractivity contribution < 1.29 is 4.79 Å². The van der Waals surface area contributed by atoms with E-state index in [2.05, 4.69) is 15.3 Å². The molecule has 2 rings (SSSR count). The predicted molar refractivity (Wildman–Crippen MR) is 67.2 cm³/mol. The monoisotopic (exact) mass is 234 g/mol. The van der Waals surface area contributed by atoms with Crippen LogP contribution in [0, 0.1) is 0 Å². The highest BCUT2D eigenvalue weighted by Crippen LogP contribution is 2.24. The maximum Gasteiger partial charge on any atom is 0.133 e. The summed E-state index contributed by atoms with van der Waals surface area (Å²) in [6.07, 6.45) is 4.55. The minimum absolute atomic E-state index is 0.197. The zero-order valence-electron chi connectivity index (χ0n) is 10.3. The van der Waals surface area contributed by atoms with Crippen molar-refractivity contribution >= 4 is 17.4 Å². The first-order valence-electron chi connectivity index (χ1n) is 5.94. The minimum atomic E-state index is 0.197. The molecule has 1 fully saturated rings. The Labute approximate surface area is 101 Å². The van der Waals surface area contributed by atoms with Crippen LogP contribution in [-0.4, -0.2) is 35.4 Å². The van der Waals surface area contributed by atoms with E-state index in [1.54, 1.807) is 13.3 Å². The molecule has 5 heteroatoms. The van der Waals surface area contributed by atoms with Crippen LogP contribution in [0.4, 0.5) is 11.6 Å². The molecule has 1 aromatic rings. The van der Waals surface area contributed by atoms with E-state index in [1.165, 1.54) is 12.8 Å². The Morgan fingerprint density at radius 1 is 1.53 bits per heavy atom. The number of nitrogens with zero attached hydrogens (tertiary/aromatic N) is 3. The van der Waals surface area contributed by atoms with Crippen LogP contribution in [-0.2, 0) is 4.79 Å². The van der Waals surface area contributed by atoms with Crippen molar-refractivity contribution in [1.82, 2.24) is 9.97 Å². The molecule has 0 aromatic carbocycles. The average molecular weight is 234 g/mol. The number of ketones is 1. The molecule has 0 radical (unpaired) electrons. The number of Topliss-reactive ketones (excluding diaryl/α,β-unsaturated/α-hetero) is 1. The summed E-state index contributed by atoms with van der Waals surface area (Å²) in [4.78, 5) is 21.3.